The summed E-state index contributed by atoms with van der Waals surface area (Å²) in [6.07, 6.45) is 5.18. The zero-order valence-electron chi connectivity index (χ0n) is 11.7. The smallest absolute Gasteiger partial charge is 0.252 e. The van der Waals surface area contributed by atoms with Crippen LogP contribution in [0.3, 0.4) is 0 Å². The number of aromatic nitrogens is 1. The van der Waals surface area contributed by atoms with Gasteiger partial charge in [-0.25, -0.2) is 0 Å². The van der Waals surface area contributed by atoms with Crippen LogP contribution < -0.4 is 11.1 Å². The number of amides is 1. The molecule has 0 unspecified atom stereocenters. The van der Waals surface area contributed by atoms with Gasteiger partial charge in [0, 0.05) is 18.4 Å². The highest BCUT2D eigenvalue weighted by atomic mass is 16.1. The maximum atomic E-state index is 12.3. The summed E-state index contributed by atoms with van der Waals surface area (Å²) in [5, 5.41) is 3.08. The third kappa shape index (κ3) is 3.80. The molecule has 1 fully saturated rings. The van der Waals surface area contributed by atoms with Gasteiger partial charge in [0.15, 0.2) is 0 Å². The quantitative estimate of drug-likeness (QED) is 0.755. The van der Waals surface area contributed by atoms with Crippen molar-refractivity contribution < 1.29 is 4.79 Å². The van der Waals surface area contributed by atoms with Crippen LogP contribution >= 0.6 is 0 Å². The van der Waals surface area contributed by atoms with Crippen molar-refractivity contribution in [3.05, 3.63) is 29.6 Å². The molecule has 0 saturated carbocycles. The van der Waals surface area contributed by atoms with Crippen LogP contribution in [0, 0.1) is 11.8 Å². The molecule has 0 bridgehead atoms. The van der Waals surface area contributed by atoms with Crippen LogP contribution in [0.2, 0.25) is 0 Å². The average molecular weight is 272 g/mol. The molecule has 1 aromatic rings. The minimum atomic E-state index is -0.0803. The predicted molar refractivity (Wildman–Crippen MR) is 78.2 cm³/mol. The molecule has 0 radical (unpaired) electrons. The summed E-state index contributed by atoms with van der Waals surface area (Å²) < 4.78 is 0. The van der Waals surface area contributed by atoms with E-state index in [-0.39, 0.29) is 18.5 Å². The highest BCUT2D eigenvalue weighted by Gasteiger charge is 2.20. The molecule has 0 spiro atoms. The lowest BCUT2D eigenvalue weighted by Crippen LogP contribution is -2.43. The summed E-state index contributed by atoms with van der Waals surface area (Å²) in [7, 11) is 2.10. The zero-order valence-corrected chi connectivity index (χ0v) is 11.7. The van der Waals surface area contributed by atoms with E-state index in [9.17, 15) is 4.79 Å². The minimum absolute atomic E-state index is 0.0803. The van der Waals surface area contributed by atoms with Gasteiger partial charge in [-0.2, -0.15) is 0 Å². The number of hydrogen-bond donors (Lipinski definition) is 2. The summed E-state index contributed by atoms with van der Waals surface area (Å²) in [5.74, 6) is 5.57. The van der Waals surface area contributed by atoms with Gasteiger partial charge in [0.2, 0.25) is 0 Å². The maximum absolute atomic E-state index is 12.3. The number of pyridine rings is 1. The van der Waals surface area contributed by atoms with Crippen molar-refractivity contribution in [3.8, 4) is 11.8 Å². The Hall–Kier alpha value is -1.90. The SMILES string of the molecule is CN1CCC(NC(=O)c2ccncc2C#CCN)CC1. The Morgan fingerprint density at radius 2 is 2.30 bits per heavy atom. The van der Waals surface area contributed by atoms with Crippen molar-refractivity contribution in [2.24, 2.45) is 5.73 Å². The molecule has 1 aliphatic heterocycles. The normalized spacial score (nSPS) is 16.3. The van der Waals surface area contributed by atoms with Gasteiger partial charge in [-0.05, 0) is 39.0 Å². The molecular formula is C15H20N4O. The molecule has 5 heteroatoms. The van der Waals surface area contributed by atoms with Gasteiger partial charge in [-0.15, -0.1) is 0 Å². The van der Waals surface area contributed by atoms with Gasteiger partial charge in [0.05, 0.1) is 17.7 Å². The molecule has 5 nitrogen and oxygen atoms in total. The number of nitrogens with two attached hydrogens (primary N) is 1. The molecule has 3 N–H and O–H groups in total. The number of likely N-dealkylation sites (tertiary alicyclic amines) is 1. The van der Waals surface area contributed by atoms with Gasteiger partial charge in [0.1, 0.15) is 0 Å². The van der Waals surface area contributed by atoms with E-state index in [0.29, 0.717) is 11.1 Å². The van der Waals surface area contributed by atoms with Crippen molar-refractivity contribution in [1.29, 1.82) is 0 Å². The lowest BCUT2D eigenvalue weighted by molar-refractivity contribution is 0.0916. The summed E-state index contributed by atoms with van der Waals surface area (Å²) in [6.45, 7) is 2.30. The van der Waals surface area contributed by atoms with Crippen molar-refractivity contribution in [1.82, 2.24) is 15.2 Å². The molecule has 2 rings (SSSR count). The second kappa shape index (κ2) is 7.04. The minimum Gasteiger partial charge on any atom is -0.349 e. The maximum Gasteiger partial charge on any atom is 0.252 e. The van der Waals surface area contributed by atoms with E-state index in [0.717, 1.165) is 25.9 Å². The average Bonchev–Trinajstić information content (AvgIpc) is 2.47. The Morgan fingerprint density at radius 3 is 3.00 bits per heavy atom. The van der Waals surface area contributed by atoms with E-state index in [1.807, 2.05) is 0 Å². The van der Waals surface area contributed by atoms with Crippen molar-refractivity contribution in [2.45, 2.75) is 18.9 Å². The second-order valence-corrected chi connectivity index (χ2v) is 4.98. The molecule has 106 valence electrons. The Balaban J connectivity index is 2.05. The summed E-state index contributed by atoms with van der Waals surface area (Å²) >= 11 is 0. The molecule has 2 heterocycles. The molecule has 1 aromatic heterocycles. The number of nitrogens with zero attached hydrogens (tertiary/aromatic N) is 2. The predicted octanol–water partition coefficient (Wildman–Crippen LogP) is 0.216. The Bertz CT molecular complexity index is 524. The topological polar surface area (TPSA) is 71.2 Å². The molecule has 0 aliphatic carbocycles. The van der Waals surface area contributed by atoms with Crippen LogP contribution in [-0.4, -0.2) is 48.5 Å². The van der Waals surface area contributed by atoms with E-state index < -0.39 is 0 Å². The number of rotatable bonds is 2. The number of carbonyl (C=O) groups is 1. The van der Waals surface area contributed by atoms with Crippen molar-refractivity contribution in [2.75, 3.05) is 26.7 Å². The van der Waals surface area contributed by atoms with Gasteiger partial charge >= 0.3 is 0 Å². The fourth-order valence-electron chi connectivity index (χ4n) is 2.25. The second-order valence-electron chi connectivity index (χ2n) is 4.98. The monoisotopic (exact) mass is 272 g/mol. The zero-order chi connectivity index (χ0) is 14.4. The lowest BCUT2D eigenvalue weighted by atomic mass is 10.0. The van der Waals surface area contributed by atoms with Crippen LogP contribution in [0.4, 0.5) is 0 Å². The molecule has 0 atom stereocenters. The van der Waals surface area contributed by atoms with Crippen LogP contribution in [0.5, 0.6) is 0 Å². The molecule has 1 saturated heterocycles. The van der Waals surface area contributed by atoms with Crippen molar-refractivity contribution >= 4 is 5.91 Å². The standard InChI is InChI=1S/C15H20N4O/c1-19-9-5-13(6-10-19)18-15(20)14-4-8-17-11-12(14)3-2-7-16/h4,8,11,13H,5-7,9-10,16H2,1H3,(H,18,20). The van der Waals surface area contributed by atoms with Crippen LogP contribution in [0.1, 0.15) is 28.8 Å². The first-order chi connectivity index (χ1) is 9.70. The van der Waals surface area contributed by atoms with Crippen LogP contribution in [0.15, 0.2) is 18.5 Å². The fourth-order valence-corrected chi connectivity index (χ4v) is 2.25. The Kier molecular flexibility index (Phi) is 5.10. The Labute approximate surface area is 119 Å². The van der Waals surface area contributed by atoms with Gasteiger partial charge in [-0.3, -0.25) is 9.78 Å². The third-order valence-corrected chi connectivity index (χ3v) is 3.44. The highest BCUT2D eigenvalue weighted by Crippen LogP contribution is 2.11. The molecule has 1 aliphatic rings. The first kappa shape index (κ1) is 14.5. The number of carbonyl (C=O) groups excluding carboxylic acids is 1. The number of hydrogen-bond acceptors (Lipinski definition) is 4. The first-order valence-corrected chi connectivity index (χ1v) is 6.83. The summed E-state index contributed by atoms with van der Waals surface area (Å²) in [4.78, 5) is 18.6. The van der Waals surface area contributed by atoms with E-state index in [1.54, 1.807) is 18.5 Å². The molecule has 0 aromatic carbocycles. The summed E-state index contributed by atoms with van der Waals surface area (Å²) in [5.41, 5.74) is 6.56. The van der Waals surface area contributed by atoms with E-state index in [2.05, 4.69) is 34.1 Å². The summed E-state index contributed by atoms with van der Waals surface area (Å²) in [6, 6.07) is 1.94. The fraction of sp³-hybridized carbons (Fsp3) is 0.467. The van der Waals surface area contributed by atoms with E-state index in [1.165, 1.54) is 0 Å². The van der Waals surface area contributed by atoms with Crippen LogP contribution in [-0.2, 0) is 0 Å². The number of piperidine rings is 1. The highest BCUT2D eigenvalue weighted by molar-refractivity contribution is 5.96. The van der Waals surface area contributed by atoms with E-state index in [4.69, 9.17) is 5.73 Å². The largest absolute Gasteiger partial charge is 0.349 e. The lowest BCUT2D eigenvalue weighted by Gasteiger charge is -2.29. The van der Waals surface area contributed by atoms with E-state index >= 15 is 0 Å². The molecule has 20 heavy (non-hydrogen) atoms. The first-order valence-electron chi connectivity index (χ1n) is 6.83. The van der Waals surface area contributed by atoms with Gasteiger partial charge in [0.25, 0.3) is 5.91 Å². The third-order valence-electron chi connectivity index (χ3n) is 3.44. The molecular weight excluding hydrogens is 252 g/mol. The van der Waals surface area contributed by atoms with Gasteiger partial charge in [-0.1, -0.05) is 11.8 Å². The van der Waals surface area contributed by atoms with Crippen molar-refractivity contribution in [3.63, 3.8) is 0 Å². The Morgan fingerprint density at radius 1 is 1.55 bits per heavy atom. The van der Waals surface area contributed by atoms with Gasteiger partial charge < -0.3 is 16.0 Å². The van der Waals surface area contributed by atoms with Crippen LogP contribution in [0.25, 0.3) is 0 Å². The number of nitrogens with one attached hydrogen (secondary N) is 1. The molecule has 1 amide bonds.